The van der Waals surface area contributed by atoms with Gasteiger partial charge in [0, 0.05) is 25.3 Å². The van der Waals surface area contributed by atoms with E-state index >= 15 is 0 Å². The van der Waals surface area contributed by atoms with Crippen LogP contribution in [0.15, 0.2) is 47.4 Å². The lowest BCUT2D eigenvalue weighted by Gasteiger charge is -2.26. The van der Waals surface area contributed by atoms with E-state index in [-0.39, 0.29) is 12.5 Å². The number of carbonyl (C=O) groups is 1. The molecule has 0 radical (unpaired) electrons. The highest BCUT2D eigenvalue weighted by Crippen LogP contribution is 2.25. The molecule has 1 saturated heterocycles. The first-order valence-corrected chi connectivity index (χ1v) is 12.0. The van der Waals surface area contributed by atoms with Crippen LogP contribution in [0.25, 0.3) is 0 Å². The van der Waals surface area contributed by atoms with E-state index in [1.807, 2.05) is 18.2 Å². The first-order valence-electron chi connectivity index (χ1n) is 10.5. The number of hydrogen-bond donors (Lipinski definition) is 2. The molecule has 0 spiro atoms. The number of sulfonamides is 1. The summed E-state index contributed by atoms with van der Waals surface area (Å²) >= 11 is 0. The van der Waals surface area contributed by atoms with Crippen molar-refractivity contribution >= 4 is 21.6 Å². The van der Waals surface area contributed by atoms with Crippen LogP contribution in [0, 0.1) is 13.8 Å². The molecule has 1 aliphatic heterocycles. The molecule has 0 atom stereocenters. The van der Waals surface area contributed by atoms with E-state index in [0.717, 1.165) is 25.7 Å². The van der Waals surface area contributed by atoms with E-state index in [2.05, 4.69) is 29.7 Å². The van der Waals surface area contributed by atoms with Crippen molar-refractivity contribution in [2.45, 2.75) is 44.4 Å². The Bertz CT molecular complexity index is 983. The third kappa shape index (κ3) is 5.61. The summed E-state index contributed by atoms with van der Waals surface area (Å²) in [6, 6.07) is 13.4. The van der Waals surface area contributed by atoms with Gasteiger partial charge in [0.25, 0.3) is 0 Å². The summed E-state index contributed by atoms with van der Waals surface area (Å²) in [4.78, 5) is 12.5. The molecular formula is C23H31N3O3S. The van der Waals surface area contributed by atoms with Gasteiger partial charge < -0.3 is 10.6 Å². The van der Waals surface area contributed by atoms with E-state index in [0.29, 0.717) is 35.8 Å². The summed E-state index contributed by atoms with van der Waals surface area (Å²) < 4.78 is 27.6. The van der Waals surface area contributed by atoms with Crippen LogP contribution in [0.5, 0.6) is 0 Å². The number of nitrogens with zero attached hydrogens (tertiary/aromatic N) is 1. The van der Waals surface area contributed by atoms with Gasteiger partial charge >= 0.3 is 0 Å². The van der Waals surface area contributed by atoms with Crippen LogP contribution in [-0.4, -0.2) is 44.8 Å². The van der Waals surface area contributed by atoms with E-state index in [1.165, 1.54) is 11.1 Å². The average Bonchev–Trinajstić information content (AvgIpc) is 2.75. The zero-order valence-electron chi connectivity index (χ0n) is 17.8. The topological polar surface area (TPSA) is 78.5 Å². The van der Waals surface area contributed by atoms with Crippen molar-refractivity contribution in [3.05, 3.63) is 59.2 Å². The van der Waals surface area contributed by atoms with Gasteiger partial charge in [-0.1, -0.05) is 36.8 Å². The highest BCUT2D eigenvalue weighted by molar-refractivity contribution is 7.89. The molecule has 0 saturated carbocycles. The van der Waals surface area contributed by atoms with Crippen molar-refractivity contribution in [1.29, 1.82) is 0 Å². The number of piperidine rings is 1. The number of hydrogen-bond acceptors (Lipinski definition) is 4. The third-order valence-electron chi connectivity index (χ3n) is 5.55. The minimum atomic E-state index is -3.51. The van der Waals surface area contributed by atoms with Crippen molar-refractivity contribution in [1.82, 2.24) is 9.62 Å². The normalized spacial score (nSPS) is 15.0. The van der Waals surface area contributed by atoms with Crippen LogP contribution in [0.2, 0.25) is 0 Å². The van der Waals surface area contributed by atoms with Gasteiger partial charge in [0.2, 0.25) is 15.9 Å². The van der Waals surface area contributed by atoms with E-state index in [9.17, 15) is 13.2 Å². The minimum absolute atomic E-state index is 0.0973. The Labute approximate surface area is 179 Å². The van der Waals surface area contributed by atoms with Gasteiger partial charge in [-0.25, -0.2) is 8.42 Å². The molecule has 6 nitrogen and oxygen atoms in total. The average molecular weight is 430 g/mol. The highest BCUT2D eigenvalue weighted by Gasteiger charge is 2.27. The molecule has 30 heavy (non-hydrogen) atoms. The fourth-order valence-corrected chi connectivity index (χ4v) is 5.47. The molecule has 2 aromatic rings. The number of nitrogens with one attached hydrogen (secondary N) is 2. The fraction of sp³-hybridized carbons (Fsp3) is 0.435. The highest BCUT2D eigenvalue weighted by atomic mass is 32.2. The van der Waals surface area contributed by atoms with Crippen LogP contribution in [0.3, 0.4) is 0 Å². The molecule has 162 valence electrons. The summed E-state index contributed by atoms with van der Waals surface area (Å²) in [7, 11) is -3.51. The maximum Gasteiger partial charge on any atom is 0.243 e. The first kappa shape index (κ1) is 22.3. The maximum atomic E-state index is 13.0. The van der Waals surface area contributed by atoms with Gasteiger partial charge in [-0.05, 0) is 61.9 Å². The van der Waals surface area contributed by atoms with Crippen molar-refractivity contribution in [3.63, 3.8) is 0 Å². The van der Waals surface area contributed by atoms with Crippen molar-refractivity contribution in [2.24, 2.45) is 0 Å². The standard InChI is InChI=1S/C23H31N3O3S/c1-18-8-4-5-9-20(18)12-13-24-23(27)17-25-21-11-10-19(2)22(16-21)30(28,29)26-14-6-3-7-15-26/h4-5,8-11,16,25H,3,6-7,12-15,17H2,1-2H3,(H,24,27). The van der Waals surface area contributed by atoms with Crippen LogP contribution >= 0.6 is 0 Å². The number of amides is 1. The Morgan fingerprint density at radius 1 is 1.00 bits per heavy atom. The molecular weight excluding hydrogens is 398 g/mol. The zero-order valence-corrected chi connectivity index (χ0v) is 18.6. The van der Waals surface area contributed by atoms with Gasteiger partial charge in [-0.2, -0.15) is 4.31 Å². The predicted octanol–water partition coefficient (Wildman–Crippen LogP) is 3.25. The number of benzene rings is 2. The second-order valence-electron chi connectivity index (χ2n) is 7.83. The van der Waals surface area contributed by atoms with Crippen molar-refractivity contribution < 1.29 is 13.2 Å². The van der Waals surface area contributed by atoms with E-state index in [1.54, 1.807) is 23.4 Å². The Morgan fingerprint density at radius 3 is 2.47 bits per heavy atom. The molecule has 1 heterocycles. The van der Waals surface area contributed by atoms with Crippen LogP contribution in [-0.2, 0) is 21.2 Å². The second-order valence-corrected chi connectivity index (χ2v) is 9.73. The lowest BCUT2D eigenvalue weighted by Crippen LogP contribution is -2.36. The first-order chi connectivity index (χ1) is 14.4. The Kier molecular flexibility index (Phi) is 7.50. The van der Waals surface area contributed by atoms with E-state index < -0.39 is 10.0 Å². The maximum absolute atomic E-state index is 13.0. The van der Waals surface area contributed by atoms with Crippen LogP contribution < -0.4 is 10.6 Å². The molecule has 7 heteroatoms. The Hall–Kier alpha value is -2.38. The van der Waals surface area contributed by atoms with Gasteiger partial charge in [0.05, 0.1) is 11.4 Å². The molecule has 1 aliphatic rings. The van der Waals surface area contributed by atoms with Crippen molar-refractivity contribution in [3.8, 4) is 0 Å². The molecule has 0 unspecified atom stereocenters. The lowest BCUT2D eigenvalue weighted by molar-refractivity contribution is -0.119. The number of rotatable bonds is 8. The molecule has 2 aromatic carbocycles. The number of carbonyl (C=O) groups excluding carboxylic acids is 1. The largest absolute Gasteiger partial charge is 0.376 e. The molecule has 1 fully saturated rings. The molecule has 0 bridgehead atoms. The summed E-state index contributed by atoms with van der Waals surface area (Å²) in [5, 5.41) is 5.96. The molecule has 1 amide bonds. The van der Waals surface area contributed by atoms with Gasteiger partial charge in [-0.15, -0.1) is 0 Å². The van der Waals surface area contributed by atoms with Gasteiger partial charge in [0.1, 0.15) is 0 Å². The summed E-state index contributed by atoms with van der Waals surface area (Å²) in [6.45, 7) is 5.67. The second kappa shape index (κ2) is 10.1. The summed E-state index contributed by atoms with van der Waals surface area (Å²) in [5.41, 5.74) is 3.78. The minimum Gasteiger partial charge on any atom is -0.376 e. The van der Waals surface area contributed by atoms with Gasteiger partial charge in [0.15, 0.2) is 0 Å². The Morgan fingerprint density at radius 2 is 1.73 bits per heavy atom. The van der Waals surface area contributed by atoms with Crippen LogP contribution in [0.4, 0.5) is 5.69 Å². The molecule has 0 aliphatic carbocycles. The third-order valence-corrected chi connectivity index (χ3v) is 7.59. The quantitative estimate of drug-likeness (QED) is 0.675. The van der Waals surface area contributed by atoms with Crippen LogP contribution in [0.1, 0.15) is 36.0 Å². The van der Waals surface area contributed by atoms with E-state index in [4.69, 9.17) is 0 Å². The molecule has 0 aromatic heterocycles. The molecule has 2 N–H and O–H groups in total. The summed E-state index contributed by atoms with van der Waals surface area (Å²) in [5.74, 6) is -0.121. The monoisotopic (exact) mass is 429 g/mol. The summed E-state index contributed by atoms with van der Waals surface area (Å²) in [6.07, 6.45) is 3.66. The fourth-order valence-electron chi connectivity index (χ4n) is 3.70. The lowest BCUT2D eigenvalue weighted by atomic mass is 10.1. The number of aryl methyl sites for hydroxylation is 2. The smallest absolute Gasteiger partial charge is 0.243 e. The Balaban J connectivity index is 1.56. The number of anilines is 1. The van der Waals surface area contributed by atoms with Gasteiger partial charge in [-0.3, -0.25) is 4.79 Å². The predicted molar refractivity (Wildman–Crippen MR) is 120 cm³/mol. The van der Waals surface area contributed by atoms with Crippen molar-refractivity contribution in [2.75, 3.05) is 31.5 Å². The molecule has 3 rings (SSSR count). The zero-order chi connectivity index (χ0) is 21.6. The SMILES string of the molecule is Cc1ccccc1CCNC(=O)CNc1ccc(C)c(S(=O)(=O)N2CCCCC2)c1.